The summed E-state index contributed by atoms with van der Waals surface area (Å²) in [5, 5.41) is 4.82. The molecule has 0 saturated carbocycles. The van der Waals surface area contributed by atoms with Crippen molar-refractivity contribution in [3.63, 3.8) is 0 Å². The summed E-state index contributed by atoms with van der Waals surface area (Å²) in [6, 6.07) is 0. The van der Waals surface area contributed by atoms with Crippen LogP contribution in [-0.4, -0.2) is 25.8 Å². The lowest BCUT2D eigenvalue weighted by Crippen LogP contribution is -2.33. The first-order valence-corrected chi connectivity index (χ1v) is 4.20. The summed E-state index contributed by atoms with van der Waals surface area (Å²) >= 11 is 0. The first-order chi connectivity index (χ1) is 4.11. The standard InChI is InChI=1S/C4H9N2O2S/c5-9(7,8)6-3-1-2-4-6/h1H,2-4H2,(H2,5,7,8). The van der Waals surface area contributed by atoms with Crippen LogP contribution >= 0.6 is 0 Å². The van der Waals surface area contributed by atoms with Crippen molar-refractivity contribution in [2.75, 3.05) is 13.1 Å². The van der Waals surface area contributed by atoms with Gasteiger partial charge in [-0.05, 0) is 12.8 Å². The van der Waals surface area contributed by atoms with E-state index in [0.717, 1.165) is 6.42 Å². The topological polar surface area (TPSA) is 63.4 Å². The van der Waals surface area contributed by atoms with Gasteiger partial charge in [-0.15, -0.1) is 0 Å². The van der Waals surface area contributed by atoms with Crippen molar-refractivity contribution in [3.05, 3.63) is 6.42 Å². The van der Waals surface area contributed by atoms with Crippen LogP contribution in [0.1, 0.15) is 6.42 Å². The second kappa shape index (κ2) is 2.24. The Bertz CT molecular complexity index is 181. The molecular weight excluding hydrogens is 140 g/mol. The molecule has 0 aromatic heterocycles. The predicted octanol–water partition coefficient (Wildman–Crippen LogP) is -0.900. The molecule has 1 aliphatic rings. The maximum absolute atomic E-state index is 10.5. The van der Waals surface area contributed by atoms with Gasteiger partial charge in [0, 0.05) is 13.1 Å². The molecule has 0 amide bonds. The third kappa shape index (κ3) is 1.64. The molecule has 1 saturated heterocycles. The average Bonchev–Trinajstić information content (AvgIpc) is 2.08. The quantitative estimate of drug-likeness (QED) is 0.525. The molecule has 0 aliphatic carbocycles. The number of hydrogen-bond acceptors (Lipinski definition) is 2. The molecule has 9 heavy (non-hydrogen) atoms. The zero-order valence-corrected chi connectivity index (χ0v) is 5.76. The van der Waals surface area contributed by atoms with Gasteiger partial charge in [0.1, 0.15) is 0 Å². The van der Waals surface area contributed by atoms with Gasteiger partial charge < -0.3 is 0 Å². The third-order valence-corrected chi connectivity index (χ3v) is 2.33. The van der Waals surface area contributed by atoms with Crippen LogP contribution in [-0.2, 0) is 10.2 Å². The van der Waals surface area contributed by atoms with Crippen LogP contribution in [0, 0.1) is 6.42 Å². The van der Waals surface area contributed by atoms with Gasteiger partial charge in [-0.1, -0.05) is 0 Å². The fourth-order valence-corrected chi connectivity index (χ4v) is 1.47. The molecule has 1 rings (SSSR count). The van der Waals surface area contributed by atoms with Gasteiger partial charge in [-0.2, -0.15) is 12.7 Å². The van der Waals surface area contributed by atoms with Crippen LogP contribution in [0.25, 0.3) is 0 Å². The van der Waals surface area contributed by atoms with E-state index in [2.05, 4.69) is 0 Å². The van der Waals surface area contributed by atoms with Crippen LogP contribution in [0.3, 0.4) is 0 Å². The molecule has 4 nitrogen and oxygen atoms in total. The number of rotatable bonds is 1. The van der Waals surface area contributed by atoms with Crippen LogP contribution in [0.5, 0.6) is 0 Å². The third-order valence-electron chi connectivity index (χ3n) is 1.28. The SMILES string of the molecule is NS(=O)(=O)N1C[CH]CC1. The monoisotopic (exact) mass is 149 g/mol. The first-order valence-electron chi connectivity index (χ1n) is 2.70. The molecule has 1 aliphatic heterocycles. The van der Waals surface area contributed by atoms with Crippen molar-refractivity contribution in [3.8, 4) is 0 Å². The molecule has 0 aromatic rings. The van der Waals surface area contributed by atoms with Crippen LogP contribution in [0.15, 0.2) is 0 Å². The Labute approximate surface area is 54.8 Å². The van der Waals surface area contributed by atoms with Crippen molar-refractivity contribution < 1.29 is 8.42 Å². The summed E-state index contributed by atoms with van der Waals surface area (Å²) in [5.74, 6) is 0. The van der Waals surface area contributed by atoms with Gasteiger partial charge in [0.15, 0.2) is 0 Å². The molecule has 53 valence electrons. The van der Waals surface area contributed by atoms with Gasteiger partial charge in [-0.25, -0.2) is 5.14 Å². The molecule has 1 fully saturated rings. The first kappa shape index (κ1) is 6.98. The predicted molar refractivity (Wildman–Crippen MR) is 33.6 cm³/mol. The molecule has 1 heterocycles. The van der Waals surface area contributed by atoms with E-state index >= 15 is 0 Å². The highest BCUT2D eigenvalue weighted by molar-refractivity contribution is 7.86. The summed E-state index contributed by atoms with van der Waals surface area (Å²) in [5.41, 5.74) is 0. The van der Waals surface area contributed by atoms with Crippen molar-refractivity contribution in [1.29, 1.82) is 0 Å². The summed E-state index contributed by atoms with van der Waals surface area (Å²) in [7, 11) is -3.40. The molecular formula is C4H9N2O2S. The highest BCUT2D eigenvalue weighted by Crippen LogP contribution is 2.07. The van der Waals surface area contributed by atoms with Gasteiger partial charge in [0.2, 0.25) is 0 Å². The average molecular weight is 149 g/mol. The lowest BCUT2D eigenvalue weighted by atomic mass is 10.4. The van der Waals surface area contributed by atoms with E-state index in [1.54, 1.807) is 0 Å². The smallest absolute Gasteiger partial charge is 0.216 e. The molecule has 0 aromatic carbocycles. The Hall–Kier alpha value is -0.130. The summed E-state index contributed by atoms with van der Waals surface area (Å²) in [4.78, 5) is 0. The molecule has 0 spiro atoms. The van der Waals surface area contributed by atoms with Crippen LogP contribution in [0.2, 0.25) is 0 Å². The Morgan fingerprint density at radius 3 is 2.44 bits per heavy atom. The Kier molecular flexibility index (Phi) is 1.74. The number of hydrogen-bond donors (Lipinski definition) is 1. The molecule has 5 heteroatoms. The maximum Gasteiger partial charge on any atom is 0.276 e. The van der Waals surface area contributed by atoms with Crippen molar-refractivity contribution in [2.24, 2.45) is 5.14 Å². The fourth-order valence-electron chi connectivity index (χ4n) is 0.793. The van der Waals surface area contributed by atoms with E-state index in [1.165, 1.54) is 4.31 Å². The second-order valence-corrected chi connectivity index (χ2v) is 3.53. The fraction of sp³-hybridized carbons (Fsp3) is 0.750. The van der Waals surface area contributed by atoms with E-state index in [0.29, 0.717) is 13.1 Å². The number of nitrogens with two attached hydrogens (primary N) is 1. The van der Waals surface area contributed by atoms with Crippen LogP contribution in [0.4, 0.5) is 0 Å². The molecule has 1 radical (unpaired) electrons. The highest BCUT2D eigenvalue weighted by Gasteiger charge is 2.20. The molecule has 0 atom stereocenters. The van der Waals surface area contributed by atoms with E-state index in [4.69, 9.17) is 5.14 Å². The maximum atomic E-state index is 10.5. The minimum atomic E-state index is -3.40. The summed E-state index contributed by atoms with van der Waals surface area (Å²) in [6.07, 6.45) is 2.71. The minimum Gasteiger partial charge on any atom is -0.216 e. The van der Waals surface area contributed by atoms with Gasteiger partial charge >= 0.3 is 0 Å². The van der Waals surface area contributed by atoms with Gasteiger partial charge in [-0.3, -0.25) is 0 Å². The zero-order valence-electron chi connectivity index (χ0n) is 4.95. The van der Waals surface area contributed by atoms with Gasteiger partial charge in [0.25, 0.3) is 10.2 Å². The Morgan fingerprint density at radius 2 is 2.22 bits per heavy atom. The zero-order chi connectivity index (χ0) is 6.91. The van der Waals surface area contributed by atoms with E-state index < -0.39 is 10.2 Å². The Balaban J connectivity index is 2.63. The summed E-state index contributed by atoms with van der Waals surface area (Å²) in [6.45, 7) is 1.01. The van der Waals surface area contributed by atoms with Crippen molar-refractivity contribution >= 4 is 10.2 Å². The largest absolute Gasteiger partial charge is 0.276 e. The number of nitrogens with zero attached hydrogens (tertiary/aromatic N) is 1. The lowest BCUT2D eigenvalue weighted by molar-refractivity contribution is 0.483. The van der Waals surface area contributed by atoms with E-state index in [1.807, 2.05) is 6.42 Å². The van der Waals surface area contributed by atoms with E-state index in [9.17, 15) is 8.42 Å². The minimum absolute atomic E-state index is 0.471. The molecule has 0 bridgehead atoms. The highest BCUT2D eigenvalue weighted by atomic mass is 32.2. The van der Waals surface area contributed by atoms with Crippen molar-refractivity contribution in [1.82, 2.24) is 4.31 Å². The van der Waals surface area contributed by atoms with Crippen molar-refractivity contribution in [2.45, 2.75) is 6.42 Å². The van der Waals surface area contributed by atoms with Gasteiger partial charge in [0.05, 0.1) is 0 Å². The molecule has 2 N–H and O–H groups in total. The normalized spacial score (nSPS) is 22.8. The summed E-state index contributed by atoms with van der Waals surface area (Å²) < 4.78 is 22.3. The second-order valence-electron chi connectivity index (χ2n) is 1.98. The Morgan fingerprint density at radius 1 is 1.56 bits per heavy atom. The van der Waals surface area contributed by atoms with Crippen LogP contribution < -0.4 is 5.14 Å². The molecule has 0 unspecified atom stereocenters. The lowest BCUT2D eigenvalue weighted by Gasteiger charge is -2.08. The van der Waals surface area contributed by atoms with E-state index in [-0.39, 0.29) is 0 Å².